The number of carbonyl (C=O) groups excluding carboxylic acids is 2. The minimum absolute atomic E-state index is 0. The molecule has 0 saturated carbocycles. The first-order chi connectivity index (χ1) is 11.8. The van der Waals surface area contributed by atoms with Gasteiger partial charge < -0.3 is 30.0 Å². The fourth-order valence-electron chi connectivity index (χ4n) is 1.74. The average molecular weight is 446 g/mol. The standard InChI is InChI=1S/C8H18O4S.C6H8O7.2Na/c1-2-3-4-5-6-7-8-12-13(9,10)11;7-3(8)1-6(13,5(11)12)2-4(9)10;;/h2-8H2,1H3,(H,9,10,11);13H,1-2H2,(H,7,8)(H,9,10)(H,11,12);;/q;;2*+1/p-2. The molecular weight excluding hydrogens is 422 g/mol. The summed E-state index contributed by atoms with van der Waals surface area (Å²) in [5, 5.41) is 37.2. The molecule has 0 fully saturated rings. The third-order valence-corrected chi connectivity index (χ3v) is 3.47. The summed E-state index contributed by atoms with van der Waals surface area (Å²) in [6, 6.07) is 0. The van der Waals surface area contributed by atoms with Crippen molar-refractivity contribution < 1.29 is 111 Å². The molecule has 0 spiro atoms. The van der Waals surface area contributed by atoms with Crippen LogP contribution in [0.15, 0.2) is 0 Å². The third kappa shape index (κ3) is 24.3. The molecule has 0 radical (unpaired) electrons. The van der Waals surface area contributed by atoms with Gasteiger partial charge in [-0.3, -0.25) is 4.55 Å². The first kappa shape index (κ1) is 35.7. The Morgan fingerprint density at radius 3 is 1.64 bits per heavy atom. The molecule has 0 aliphatic heterocycles. The summed E-state index contributed by atoms with van der Waals surface area (Å²) in [6.45, 7) is 2.23. The van der Waals surface area contributed by atoms with Crippen LogP contribution in [0.2, 0.25) is 0 Å². The van der Waals surface area contributed by atoms with Gasteiger partial charge in [-0.25, -0.2) is 8.98 Å². The maximum atomic E-state index is 10.3. The van der Waals surface area contributed by atoms with Crippen molar-refractivity contribution in [1.82, 2.24) is 0 Å². The number of hydrogen-bond donors (Lipinski definition) is 3. The molecule has 0 rings (SSSR count). The molecule has 0 aromatic carbocycles. The summed E-state index contributed by atoms with van der Waals surface area (Å²) in [5.41, 5.74) is -2.86. The predicted molar refractivity (Wildman–Crippen MR) is 82.7 cm³/mol. The second kappa shape index (κ2) is 19.2. The molecule has 0 aromatic rings. The number of hydrogen-bond acceptors (Lipinski definition) is 9. The number of aliphatic hydroxyl groups is 1. The van der Waals surface area contributed by atoms with Crippen molar-refractivity contribution in [3.8, 4) is 0 Å². The Labute approximate surface area is 208 Å². The second-order valence-electron chi connectivity index (χ2n) is 5.45. The zero-order valence-corrected chi connectivity index (χ0v) is 21.2. The van der Waals surface area contributed by atoms with Gasteiger partial charge >= 0.3 is 75.5 Å². The Hall–Kier alpha value is 0.240. The molecule has 154 valence electrons. The van der Waals surface area contributed by atoms with Crippen LogP contribution in [0.5, 0.6) is 0 Å². The molecule has 11 nitrogen and oxygen atoms in total. The summed E-state index contributed by atoms with van der Waals surface area (Å²) < 4.78 is 32.6. The van der Waals surface area contributed by atoms with Crippen LogP contribution in [0.25, 0.3) is 0 Å². The Morgan fingerprint density at radius 1 is 0.929 bits per heavy atom. The SMILES string of the molecule is CCCCCCCCOS(=O)(=O)O.O=C([O-])CC(O)(CC(=O)[O-])C(=O)O.[Na+].[Na+]. The smallest absolute Gasteiger partial charge is 0.550 e. The summed E-state index contributed by atoms with van der Waals surface area (Å²) in [4.78, 5) is 30.2. The number of carbonyl (C=O) groups is 3. The van der Waals surface area contributed by atoms with E-state index in [0.29, 0.717) is 6.42 Å². The van der Waals surface area contributed by atoms with Crippen molar-refractivity contribution in [2.75, 3.05) is 6.61 Å². The summed E-state index contributed by atoms with van der Waals surface area (Å²) in [6.07, 6.45) is 3.75. The number of aliphatic carboxylic acids is 3. The summed E-state index contributed by atoms with van der Waals surface area (Å²) in [7, 11) is -4.22. The monoisotopic (exact) mass is 446 g/mol. The first-order valence-electron chi connectivity index (χ1n) is 7.81. The third-order valence-electron chi connectivity index (χ3n) is 3.00. The largest absolute Gasteiger partial charge is 1.00 e. The van der Waals surface area contributed by atoms with Crippen LogP contribution in [0, 0.1) is 0 Å². The quantitative estimate of drug-likeness (QED) is 0.138. The van der Waals surface area contributed by atoms with Crippen molar-refractivity contribution in [3.63, 3.8) is 0 Å². The summed E-state index contributed by atoms with van der Waals surface area (Å²) in [5.74, 6) is -5.65. The molecule has 0 saturated heterocycles. The minimum atomic E-state index is -4.22. The molecular formula is C14H24Na2O11S. The van der Waals surface area contributed by atoms with Gasteiger partial charge in [0.1, 0.15) is 0 Å². The zero-order chi connectivity index (χ0) is 20.8. The molecule has 0 aliphatic carbocycles. The molecule has 0 atom stereocenters. The van der Waals surface area contributed by atoms with E-state index in [2.05, 4.69) is 11.1 Å². The van der Waals surface area contributed by atoms with Gasteiger partial charge in [-0.05, 0) is 6.42 Å². The molecule has 0 bridgehead atoms. The molecule has 14 heteroatoms. The van der Waals surface area contributed by atoms with Crippen LogP contribution in [-0.2, 0) is 29.0 Å². The normalized spacial score (nSPS) is 10.5. The Balaban J connectivity index is -0.000000192. The van der Waals surface area contributed by atoms with E-state index in [0.717, 1.165) is 12.8 Å². The molecule has 0 aliphatic rings. The van der Waals surface area contributed by atoms with Gasteiger partial charge in [-0.1, -0.05) is 39.0 Å². The first-order valence-corrected chi connectivity index (χ1v) is 9.18. The van der Waals surface area contributed by atoms with Crippen molar-refractivity contribution in [3.05, 3.63) is 0 Å². The van der Waals surface area contributed by atoms with E-state index in [1.165, 1.54) is 19.3 Å². The van der Waals surface area contributed by atoms with Gasteiger partial charge in [0.2, 0.25) is 0 Å². The predicted octanol–water partition coefficient (Wildman–Crippen LogP) is -7.74. The van der Waals surface area contributed by atoms with Crippen LogP contribution in [0.3, 0.4) is 0 Å². The van der Waals surface area contributed by atoms with E-state index in [1.54, 1.807) is 0 Å². The van der Waals surface area contributed by atoms with Crippen molar-refractivity contribution in [1.29, 1.82) is 0 Å². The van der Waals surface area contributed by atoms with Gasteiger partial charge in [-0.2, -0.15) is 8.42 Å². The second-order valence-corrected chi connectivity index (χ2v) is 6.54. The Bertz CT molecular complexity index is 535. The molecule has 0 heterocycles. The van der Waals surface area contributed by atoms with Gasteiger partial charge in [0.05, 0.1) is 6.61 Å². The fourth-order valence-corrected chi connectivity index (χ4v) is 2.07. The van der Waals surface area contributed by atoms with Crippen molar-refractivity contribution >= 4 is 28.3 Å². The number of carboxylic acid groups (broad SMARTS) is 3. The topological polar surface area (TPSA) is 201 Å². The Kier molecular flexibility index (Phi) is 24.5. The maximum absolute atomic E-state index is 10.3. The van der Waals surface area contributed by atoms with Crippen LogP contribution in [-0.4, -0.2) is 53.3 Å². The molecule has 28 heavy (non-hydrogen) atoms. The van der Waals surface area contributed by atoms with Gasteiger partial charge in [-0.15, -0.1) is 0 Å². The van der Waals surface area contributed by atoms with E-state index >= 15 is 0 Å². The number of unbranched alkanes of at least 4 members (excludes halogenated alkanes) is 5. The molecule has 3 N–H and O–H groups in total. The number of rotatable bonds is 13. The van der Waals surface area contributed by atoms with Crippen LogP contribution in [0.1, 0.15) is 58.3 Å². The average Bonchev–Trinajstić information content (AvgIpc) is 2.44. The van der Waals surface area contributed by atoms with Gasteiger partial charge in [0.25, 0.3) is 0 Å². The summed E-state index contributed by atoms with van der Waals surface area (Å²) >= 11 is 0. The van der Waals surface area contributed by atoms with Crippen LogP contribution >= 0.6 is 0 Å². The van der Waals surface area contributed by atoms with E-state index in [-0.39, 0.29) is 65.7 Å². The maximum Gasteiger partial charge on any atom is 1.00 e. The van der Waals surface area contributed by atoms with E-state index in [1.807, 2.05) is 0 Å². The van der Waals surface area contributed by atoms with E-state index < -0.39 is 46.7 Å². The molecule has 0 amide bonds. The van der Waals surface area contributed by atoms with E-state index in [9.17, 15) is 33.0 Å². The van der Waals surface area contributed by atoms with Crippen molar-refractivity contribution in [2.45, 2.75) is 63.9 Å². The Morgan fingerprint density at radius 2 is 1.32 bits per heavy atom. The van der Waals surface area contributed by atoms with Crippen LogP contribution in [0.4, 0.5) is 0 Å². The van der Waals surface area contributed by atoms with E-state index in [4.69, 9.17) is 14.8 Å². The van der Waals surface area contributed by atoms with Gasteiger partial charge in [0.15, 0.2) is 5.60 Å². The van der Waals surface area contributed by atoms with Gasteiger partial charge in [0, 0.05) is 24.8 Å². The van der Waals surface area contributed by atoms with Crippen molar-refractivity contribution in [2.24, 2.45) is 0 Å². The molecule has 0 aromatic heterocycles. The fraction of sp³-hybridized carbons (Fsp3) is 0.786. The number of carboxylic acids is 3. The molecule has 0 unspecified atom stereocenters. The van der Waals surface area contributed by atoms with Crippen LogP contribution < -0.4 is 69.3 Å². The zero-order valence-electron chi connectivity index (χ0n) is 16.4. The minimum Gasteiger partial charge on any atom is -0.550 e.